The lowest BCUT2D eigenvalue weighted by atomic mass is 9.88. The first-order valence-corrected chi connectivity index (χ1v) is 6.37. The SMILES string of the molecule is Cc1cc(C)c(C)c(-c2cc(N)[nH]c(=O)c2C#N)c1C. The summed E-state index contributed by atoms with van der Waals surface area (Å²) in [5.74, 6) is 0.266. The molecule has 2 rings (SSSR count). The van der Waals surface area contributed by atoms with Crippen LogP contribution in [0.2, 0.25) is 0 Å². The van der Waals surface area contributed by atoms with E-state index in [1.165, 1.54) is 0 Å². The highest BCUT2D eigenvalue weighted by Gasteiger charge is 2.16. The Morgan fingerprint density at radius 1 is 1.10 bits per heavy atom. The standard InChI is InChI=1S/C16H17N3O/c1-8-5-9(2)11(4)15(10(8)3)12-6-14(18)19-16(20)13(12)7-17/h5-6H,1-4H3,(H3,18,19,20). The van der Waals surface area contributed by atoms with Gasteiger partial charge >= 0.3 is 0 Å². The lowest BCUT2D eigenvalue weighted by molar-refractivity contribution is 1.20. The van der Waals surface area contributed by atoms with Crippen molar-refractivity contribution in [2.45, 2.75) is 27.7 Å². The van der Waals surface area contributed by atoms with Gasteiger partial charge in [0.15, 0.2) is 0 Å². The van der Waals surface area contributed by atoms with Gasteiger partial charge in [0.05, 0.1) is 0 Å². The Bertz CT molecular complexity index is 769. The molecule has 0 radical (unpaired) electrons. The molecular weight excluding hydrogens is 250 g/mol. The number of hydrogen-bond donors (Lipinski definition) is 2. The highest BCUT2D eigenvalue weighted by Crippen LogP contribution is 2.33. The summed E-state index contributed by atoms with van der Waals surface area (Å²) in [6.45, 7) is 8.03. The molecule has 0 amide bonds. The molecule has 4 nitrogen and oxygen atoms in total. The number of nitrogens with two attached hydrogens (primary N) is 1. The maximum absolute atomic E-state index is 11.9. The number of H-pyrrole nitrogens is 1. The van der Waals surface area contributed by atoms with E-state index in [1.807, 2.05) is 33.8 Å². The minimum Gasteiger partial charge on any atom is -0.385 e. The van der Waals surface area contributed by atoms with Crippen LogP contribution in [-0.4, -0.2) is 4.98 Å². The first-order chi connectivity index (χ1) is 9.36. The van der Waals surface area contributed by atoms with E-state index in [-0.39, 0.29) is 11.4 Å². The second kappa shape index (κ2) is 4.86. The van der Waals surface area contributed by atoms with Crippen LogP contribution in [0.4, 0.5) is 5.82 Å². The monoisotopic (exact) mass is 267 g/mol. The third kappa shape index (κ3) is 2.08. The minimum atomic E-state index is -0.444. The van der Waals surface area contributed by atoms with E-state index in [0.717, 1.165) is 27.8 Å². The Hall–Kier alpha value is -2.54. The van der Waals surface area contributed by atoms with E-state index in [9.17, 15) is 10.1 Å². The molecule has 3 N–H and O–H groups in total. The van der Waals surface area contributed by atoms with Crippen LogP contribution >= 0.6 is 0 Å². The van der Waals surface area contributed by atoms with Gasteiger partial charge in [-0.3, -0.25) is 4.79 Å². The summed E-state index contributed by atoms with van der Waals surface area (Å²) in [6, 6.07) is 5.75. The molecule has 0 saturated heterocycles. The molecule has 0 unspecified atom stereocenters. The van der Waals surface area contributed by atoms with Gasteiger partial charge in [0.1, 0.15) is 17.5 Å². The van der Waals surface area contributed by atoms with Crippen molar-refractivity contribution in [2.24, 2.45) is 0 Å². The van der Waals surface area contributed by atoms with Gasteiger partial charge in [-0.05, 0) is 61.6 Å². The number of anilines is 1. The molecule has 2 aromatic rings. The van der Waals surface area contributed by atoms with E-state index < -0.39 is 5.56 Å². The molecule has 0 aliphatic heterocycles. The van der Waals surface area contributed by atoms with Crippen LogP contribution < -0.4 is 11.3 Å². The van der Waals surface area contributed by atoms with E-state index in [4.69, 9.17) is 5.73 Å². The largest absolute Gasteiger partial charge is 0.385 e. The number of nitrogens with zero attached hydrogens (tertiary/aromatic N) is 1. The van der Waals surface area contributed by atoms with Crippen LogP contribution in [0.5, 0.6) is 0 Å². The average molecular weight is 267 g/mol. The van der Waals surface area contributed by atoms with Crippen molar-refractivity contribution in [3.05, 3.63) is 50.3 Å². The molecule has 0 aliphatic carbocycles. The highest BCUT2D eigenvalue weighted by atomic mass is 16.1. The number of benzene rings is 1. The second-order valence-electron chi connectivity index (χ2n) is 5.09. The Balaban J connectivity index is 2.97. The van der Waals surface area contributed by atoms with Crippen LogP contribution in [0.3, 0.4) is 0 Å². The van der Waals surface area contributed by atoms with Crippen molar-refractivity contribution < 1.29 is 0 Å². The van der Waals surface area contributed by atoms with Gasteiger partial charge in [0.25, 0.3) is 5.56 Å². The predicted molar refractivity (Wildman–Crippen MR) is 80.6 cm³/mol. The average Bonchev–Trinajstić information content (AvgIpc) is 2.36. The first-order valence-electron chi connectivity index (χ1n) is 6.37. The summed E-state index contributed by atoms with van der Waals surface area (Å²) < 4.78 is 0. The summed E-state index contributed by atoms with van der Waals surface area (Å²) in [5, 5.41) is 9.26. The zero-order chi connectivity index (χ0) is 15.0. The number of aromatic amines is 1. The molecule has 0 saturated carbocycles. The van der Waals surface area contributed by atoms with Crippen LogP contribution in [0.15, 0.2) is 16.9 Å². The van der Waals surface area contributed by atoms with Crippen LogP contribution in [-0.2, 0) is 0 Å². The van der Waals surface area contributed by atoms with E-state index in [2.05, 4.69) is 11.1 Å². The van der Waals surface area contributed by atoms with Gasteiger partial charge in [-0.1, -0.05) is 6.07 Å². The molecule has 102 valence electrons. The van der Waals surface area contributed by atoms with Gasteiger partial charge in [-0.2, -0.15) is 5.26 Å². The topological polar surface area (TPSA) is 82.7 Å². The minimum absolute atomic E-state index is 0.107. The maximum atomic E-state index is 11.9. The van der Waals surface area contributed by atoms with E-state index in [1.54, 1.807) is 6.07 Å². The molecular formula is C16H17N3O. The Labute approximate surface area is 117 Å². The number of hydrogen-bond acceptors (Lipinski definition) is 3. The van der Waals surface area contributed by atoms with Crippen LogP contribution in [0, 0.1) is 39.0 Å². The molecule has 4 heteroatoms. The van der Waals surface area contributed by atoms with Gasteiger partial charge in [0.2, 0.25) is 0 Å². The van der Waals surface area contributed by atoms with Crippen LogP contribution in [0.1, 0.15) is 27.8 Å². The highest BCUT2D eigenvalue weighted by molar-refractivity contribution is 5.79. The number of nitrogens with one attached hydrogen (secondary N) is 1. The summed E-state index contributed by atoms with van der Waals surface area (Å²) in [7, 11) is 0. The summed E-state index contributed by atoms with van der Waals surface area (Å²) in [6.07, 6.45) is 0. The third-order valence-electron chi connectivity index (χ3n) is 3.80. The second-order valence-corrected chi connectivity index (χ2v) is 5.09. The normalized spacial score (nSPS) is 10.3. The zero-order valence-corrected chi connectivity index (χ0v) is 12.1. The number of aryl methyl sites for hydroxylation is 2. The smallest absolute Gasteiger partial charge is 0.268 e. The van der Waals surface area contributed by atoms with Crippen molar-refractivity contribution in [3.8, 4) is 17.2 Å². The van der Waals surface area contributed by atoms with Crippen molar-refractivity contribution in [1.82, 2.24) is 4.98 Å². The zero-order valence-electron chi connectivity index (χ0n) is 12.1. The van der Waals surface area contributed by atoms with Gasteiger partial charge in [-0.15, -0.1) is 0 Å². The Kier molecular flexibility index (Phi) is 3.37. The fourth-order valence-electron chi connectivity index (χ4n) is 2.51. The molecule has 1 aromatic carbocycles. The summed E-state index contributed by atoms with van der Waals surface area (Å²) in [5.41, 5.74) is 11.3. The van der Waals surface area contributed by atoms with Crippen molar-refractivity contribution in [1.29, 1.82) is 5.26 Å². The van der Waals surface area contributed by atoms with Gasteiger partial charge < -0.3 is 10.7 Å². The summed E-state index contributed by atoms with van der Waals surface area (Å²) in [4.78, 5) is 14.4. The Morgan fingerprint density at radius 2 is 1.65 bits per heavy atom. The predicted octanol–water partition coefficient (Wildman–Crippen LogP) is 2.73. The first kappa shape index (κ1) is 13.9. The number of pyridine rings is 1. The molecule has 20 heavy (non-hydrogen) atoms. The van der Waals surface area contributed by atoms with Gasteiger partial charge in [0, 0.05) is 5.56 Å². The lowest BCUT2D eigenvalue weighted by Gasteiger charge is -2.16. The summed E-state index contributed by atoms with van der Waals surface area (Å²) >= 11 is 0. The molecule has 0 atom stereocenters. The fraction of sp³-hybridized carbons (Fsp3) is 0.250. The molecule has 1 heterocycles. The third-order valence-corrected chi connectivity index (χ3v) is 3.80. The van der Waals surface area contributed by atoms with Crippen molar-refractivity contribution in [2.75, 3.05) is 5.73 Å². The van der Waals surface area contributed by atoms with Crippen molar-refractivity contribution >= 4 is 5.82 Å². The maximum Gasteiger partial charge on any atom is 0.268 e. The Morgan fingerprint density at radius 3 is 2.15 bits per heavy atom. The fourth-order valence-corrected chi connectivity index (χ4v) is 2.51. The van der Waals surface area contributed by atoms with Crippen LogP contribution in [0.25, 0.3) is 11.1 Å². The van der Waals surface area contributed by atoms with E-state index in [0.29, 0.717) is 5.56 Å². The van der Waals surface area contributed by atoms with Crippen molar-refractivity contribution in [3.63, 3.8) is 0 Å². The molecule has 0 aliphatic rings. The van der Waals surface area contributed by atoms with E-state index >= 15 is 0 Å². The van der Waals surface area contributed by atoms with Gasteiger partial charge in [-0.25, -0.2) is 0 Å². The lowest BCUT2D eigenvalue weighted by Crippen LogP contribution is -2.14. The molecule has 0 spiro atoms. The number of nitrogen functional groups attached to an aromatic ring is 1. The number of aromatic nitrogens is 1. The number of nitriles is 1. The molecule has 0 fully saturated rings. The number of rotatable bonds is 1. The molecule has 0 bridgehead atoms. The quantitative estimate of drug-likeness (QED) is 0.833. The molecule has 1 aromatic heterocycles.